The summed E-state index contributed by atoms with van der Waals surface area (Å²) >= 11 is 0. The molecular formula is C9H24O6S3. The van der Waals surface area contributed by atoms with E-state index in [9.17, 15) is 25.3 Å². The molecule has 0 aliphatic rings. The summed E-state index contributed by atoms with van der Waals surface area (Å²) in [5.74, 6) is 0.778. The fourth-order valence-electron chi connectivity index (χ4n) is 0.204. The maximum Gasteiger partial charge on any atom is 0.149 e. The summed E-state index contributed by atoms with van der Waals surface area (Å²) < 4.78 is 60.0. The first-order chi connectivity index (χ1) is 7.68. The molecule has 0 bridgehead atoms. The van der Waals surface area contributed by atoms with Gasteiger partial charge in [0.2, 0.25) is 0 Å². The highest BCUT2D eigenvalue weighted by atomic mass is 32.2. The van der Waals surface area contributed by atoms with E-state index in [2.05, 4.69) is 0 Å². The number of hydrogen-bond acceptors (Lipinski definition) is 6. The molecule has 0 atom stereocenters. The quantitative estimate of drug-likeness (QED) is 0.732. The molecule has 0 aromatic rings. The Morgan fingerprint density at radius 3 is 0.778 bits per heavy atom. The van der Waals surface area contributed by atoms with Crippen LogP contribution in [0.15, 0.2) is 0 Å². The summed E-state index contributed by atoms with van der Waals surface area (Å²) in [6, 6.07) is 0. The van der Waals surface area contributed by atoms with Crippen molar-refractivity contribution in [3.63, 3.8) is 0 Å². The molecule has 0 heterocycles. The standard InChI is InChI=1S/C4H10O2S.C3H8O2S.C2H6O2S/c1-3-7(5,6)4-2;1-3-6(2,4)5;1-5(2,3)4/h3-4H2,1-2H3;3H2,1-2H3;1-2H3. The summed E-state index contributed by atoms with van der Waals surface area (Å²) in [5.41, 5.74) is 0. The minimum atomic E-state index is -2.67. The Bertz CT molecular complexity index is 466. The Morgan fingerprint density at radius 2 is 0.778 bits per heavy atom. The Morgan fingerprint density at radius 1 is 0.611 bits per heavy atom. The van der Waals surface area contributed by atoms with Crippen molar-refractivity contribution in [1.82, 2.24) is 0 Å². The lowest BCUT2D eigenvalue weighted by molar-refractivity contribution is 0.598. The average Bonchev–Trinajstić information content (AvgIpc) is 2.15. The summed E-state index contributed by atoms with van der Waals surface area (Å²) in [6.45, 7) is 4.92. The summed E-state index contributed by atoms with van der Waals surface area (Å²) in [6.07, 6.45) is 3.53. The molecule has 0 radical (unpaired) electrons. The molecule has 0 saturated carbocycles. The van der Waals surface area contributed by atoms with Gasteiger partial charge < -0.3 is 0 Å². The van der Waals surface area contributed by atoms with E-state index in [-0.39, 0.29) is 17.3 Å². The SMILES string of the molecule is CCS(=O)(=O)CC.CCS(C)(=O)=O.CS(C)(=O)=O. The molecule has 114 valence electrons. The number of hydrogen-bond donors (Lipinski definition) is 0. The largest absolute Gasteiger partial charge is 0.229 e. The Labute approximate surface area is 112 Å². The number of sulfone groups is 3. The molecule has 0 amide bonds. The number of rotatable bonds is 3. The van der Waals surface area contributed by atoms with Crippen LogP contribution in [0.25, 0.3) is 0 Å². The van der Waals surface area contributed by atoms with Gasteiger partial charge in [0, 0.05) is 36.0 Å². The van der Waals surface area contributed by atoms with Crippen LogP contribution in [0.1, 0.15) is 20.8 Å². The highest BCUT2D eigenvalue weighted by Gasteiger charge is 1.99. The summed E-state index contributed by atoms with van der Waals surface area (Å²) in [4.78, 5) is 0. The van der Waals surface area contributed by atoms with Gasteiger partial charge in [-0.3, -0.25) is 0 Å². The highest BCUT2D eigenvalue weighted by molar-refractivity contribution is 7.91. The summed E-state index contributed by atoms with van der Waals surface area (Å²) in [5, 5.41) is 0. The van der Waals surface area contributed by atoms with Crippen LogP contribution < -0.4 is 0 Å². The van der Waals surface area contributed by atoms with Crippen molar-refractivity contribution in [2.75, 3.05) is 36.0 Å². The van der Waals surface area contributed by atoms with E-state index in [1.807, 2.05) is 0 Å². The summed E-state index contributed by atoms with van der Waals surface area (Å²) in [7, 11) is -7.99. The van der Waals surface area contributed by atoms with Crippen LogP contribution >= 0.6 is 0 Å². The third-order valence-electron chi connectivity index (χ3n) is 1.40. The van der Waals surface area contributed by atoms with Crippen LogP contribution in [0.4, 0.5) is 0 Å². The molecule has 18 heavy (non-hydrogen) atoms. The van der Waals surface area contributed by atoms with Crippen molar-refractivity contribution in [1.29, 1.82) is 0 Å². The van der Waals surface area contributed by atoms with Crippen molar-refractivity contribution >= 4 is 29.5 Å². The molecule has 0 unspecified atom stereocenters. The van der Waals surface area contributed by atoms with E-state index in [1.54, 1.807) is 20.8 Å². The molecule has 9 heteroatoms. The Balaban J connectivity index is -0.000000190. The molecular weight excluding hydrogens is 300 g/mol. The van der Waals surface area contributed by atoms with Crippen LogP contribution in [0.3, 0.4) is 0 Å². The normalized spacial score (nSPS) is 11.7. The van der Waals surface area contributed by atoms with Gasteiger partial charge in [-0.2, -0.15) is 0 Å². The van der Waals surface area contributed by atoms with Gasteiger partial charge in [0.05, 0.1) is 0 Å². The van der Waals surface area contributed by atoms with Gasteiger partial charge in [0.25, 0.3) is 0 Å². The predicted octanol–water partition coefficient (Wildman–Crippen LogP) is 0.153. The van der Waals surface area contributed by atoms with Crippen molar-refractivity contribution in [2.24, 2.45) is 0 Å². The van der Waals surface area contributed by atoms with Crippen molar-refractivity contribution in [2.45, 2.75) is 20.8 Å². The molecule has 0 N–H and O–H groups in total. The molecule has 6 nitrogen and oxygen atoms in total. The topological polar surface area (TPSA) is 102 Å². The molecule has 0 saturated heterocycles. The third kappa shape index (κ3) is 44.6. The molecule has 0 fully saturated rings. The second-order valence-electron chi connectivity index (χ2n) is 3.68. The lowest BCUT2D eigenvalue weighted by Crippen LogP contribution is -2.04. The van der Waals surface area contributed by atoms with Crippen LogP contribution in [0.5, 0.6) is 0 Å². The lowest BCUT2D eigenvalue weighted by Gasteiger charge is -1.89. The zero-order valence-corrected chi connectivity index (χ0v) is 14.2. The Kier molecular flexibility index (Phi) is 12.4. The smallest absolute Gasteiger partial charge is 0.149 e. The molecule has 0 aromatic carbocycles. The predicted molar refractivity (Wildman–Crippen MR) is 76.2 cm³/mol. The highest BCUT2D eigenvalue weighted by Crippen LogP contribution is 1.84. The first kappa shape index (κ1) is 23.0. The molecule has 0 rings (SSSR count). The van der Waals surface area contributed by atoms with Crippen LogP contribution in [-0.4, -0.2) is 61.3 Å². The van der Waals surface area contributed by atoms with Gasteiger partial charge in [0.15, 0.2) is 0 Å². The van der Waals surface area contributed by atoms with Crippen molar-refractivity contribution in [3.8, 4) is 0 Å². The lowest BCUT2D eigenvalue weighted by atomic mass is 11.0. The minimum Gasteiger partial charge on any atom is -0.229 e. The van der Waals surface area contributed by atoms with Crippen LogP contribution in [0.2, 0.25) is 0 Å². The zero-order chi connectivity index (χ0) is 15.6. The Hall–Kier alpha value is -0.150. The monoisotopic (exact) mass is 324 g/mol. The molecule has 0 aliphatic heterocycles. The maximum atomic E-state index is 10.4. The third-order valence-corrected chi connectivity index (χ3v) is 4.21. The van der Waals surface area contributed by atoms with Gasteiger partial charge >= 0.3 is 0 Å². The van der Waals surface area contributed by atoms with Gasteiger partial charge in [0.1, 0.15) is 29.5 Å². The first-order valence-corrected chi connectivity index (χ1v) is 11.4. The molecule has 0 aromatic heterocycles. The zero-order valence-electron chi connectivity index (χ0n) is 11.8. The van der Waals surface area contributed by atoms with E-state index >= 15 is 0 Å². The van der Waals surface area contributed by atoms with Crippen molar-refractivity contribution in [3.05, 3.63) is 0 Å². The fourth-order valence-corrected chi connectivity index (χ4v) is 0.612. The minimum absolute atomic E-state index is 0.243. The molecule has 0 spiro atoms. The maximum absolute atomic E-state index is 10.4. The van der Waals surface area contributed by atoms with Gasteiger partial charge in [-0.1, -0.05) is 20.8 Å². The van der Waals surface area contributed by atoms with Gasteiger partial charge in [-0.25, -0.2) is 25.3 Å². The van der Waals surface area contributed by atoms with E-state index in [0.717, 1.165) is 12.5 Å². The van der Waals surface area contributed by atoms with Gasteiger partial charge in [-0.15, -0.1) is 0 Å². The fraction of sp³-hybridized carbons (Fsp3) is 1.00. The van der Waals surface area contributed by atoms with Crippen LogP contribution in [-0.2, 0) is 29.5 Å². The van der Waals surface area contributed by atoms with E-state index in [4.69, 9.17) is 0 Å². The second-order valence-corrected chi connectivity index (χ2v) is 11.0. The van der Waals surface area contributed by atoms with E-state index < -0.39 is 29.5 Å². The second kappa shape index (κ2) is 9.74. The molecule has 0 aliphatic carbocycles. The van der Waals surface area contributed by atoms with Gasteiger partial charge in [-0.05, 0) is 0 Å². The van der Waals surface area contributed by atoms with E-state index in [0.29, 0.717) is 0 Å². The van der Waals surface area contributed by atoms with Crippen LogP contribution in [0, 0.1) is 0 Å². The first-order valence-electron chi connectivity index (χ1n) is 5.21. The average molecular weight is 324 g/mol. The van der Waals surface area contributed by atoms with Crippen molar-refractivity contribution < 1.29 is 25.3 Å². The van der Waals surface area contributed by atoms with E-state index in [1.165, 1.54) is 6.26 Å².